The summed E-state index contributed by atoms with van der Waals surface area (Å²) in [5, 5.41) is 12.8. The zero-order chi connectivity index (χ0) is 13.8. The maximum atomic E-state index is 12.0. The summed E-state index contributed by atoms with van der Waals surface area (Å²) in [5.74, 6) is -1.21. The van der Waals surface area contributed by atoms with Gasteiger partial charge in [-0.05, 0) is 35.2 Å². The third-order valence-electron chi connectivity index (χ3n) is 2.99. The van der Waals surface area contributed by atoms with E-state index in [9.17, 15) is 9.59 Å². The van der Waals surface area contributed by atoms with Crippen molar-refractivity contribution in [3.63, 3.8) is 0 Å². The molecule has 1 aromatic rings. The normalized spacial score (nSPS) is 19.3. The van der Waals surface area contributed by atoms with Gasteiger partial charge in [0.25, 0.3) is 0 Å². The third-order valence-corrected chi connectivity index (χ3v) is 3.37. The minimum atomic E-state index is -0.979. The van der Waals surface area contributed by atoms with Gasteiger partial charge >= 0.3 is 5.97 Å². The van der Waals surface area contributed by atoms with E-state index in [1.54, 1.807) is 10.7 Å². The van der Waals surface area contributed by atoms with E-state index >= 15 is 0 Å². The molecule has 6 nitrogen and oxygen atoms in total. The average molecular weight is 331 g/mol. The zero-order valence-electron chi connectivity index (χ0n) is 10.3. The fraction of sp³-hybridized carbons (Fsp3) is 0.583. The summed E-state index contributed by atoms with van der Waals surface area (Å²) < 4.78 is 7.72. The molecule has 0 spiro atoms. The Balaban J connectivity index is 2.15. The van der Waals surface area contributed by atoms with Crippen LogP contribution in [0.5, 0.6) is 0 Å². The molecule has 1 N–H and O–H groups in total. The van der Waals surface area contributed by atoms with Crippen LogP contribution in [0.3, 0.4) is 0 Å². The number of carboxylic acids is 1. The lowest BCUT2D eigenvalue weighted by molar-refractivity contribution is -0.136. The van der Waals surface area contributed by atoms with E-state index in [1.807, 2.05) is 0 Å². The van der Waals surface area contributed by atoms with Gasteiger partial charge in [0, 0.05) is 19.1 Å². The van der Waals surface area contributed by atoms with Crippen LogP contribution in [-0.2, 0) is 9.53 Å². The van der Waals surface area contributed by atoms with E-state index in [4.69, 9.17) is 9.84 Å². The van der Waals surface area contributed by atoms with Crippen LogP contribution in [0.15, 0.2) is 10.7 Å². The molecule has 2 heterocycles. The van der Waals surface area contributed by atoms with Gasteiger partial charge in [-0.25, -0.2) is 4.68 Å². The van der Waals surface area contributed by atoms with Gasteiger partial charge in [0.2, 0.25) is 0 Å². The number of nitrogens with zero attached hydrogens (tertiary/aromatic N) is 2. The maximum Gasteiger partial charge on any atom is 0.303 e. The number of hydrogen-bond acceptors (Lipinski definition) is 4. The van der Waals surface area contributed by atoms with Crippen LogP contribution in [0.2, 0.25) is 0 Å². The Morgan fingerprint density at radius 1 is 1.47 bits per heavy atom. The summed E-state index contributed by atoms with van der Waals surface area (Å²) in [6, 6.07) is 1.61. The predicted octanol–water partition coefficient (Wildman–Crippen LogP) is 2.39. The van der Waals surface area contributed by atoms with E-state index in [0.717, 1.165) is 19.3 Å². The lowest BCUT2D eigenvalue weighted by Crippen LogP contribution is -2.23. The van der Waals surface area contributed by atoms with Crippen LogP contribution in [0.25, 0.3) is 0 Å². The van der Waals surface area contributed by atoms with Gasteiger partial charge in [0.15, 0.2) is 12.0 Å². The van der Waals surface area contributed by atoms with Crippen LogP contribution in [0.4, 0.5) is 0 Å². The second-order valence-corrected chi connectivity index (χ2v) is 5.25. The number of Topliss-reactive ketones (excluding diaryl/α,β-unsaturated/α-hetero) is 1. The minimum absolute atomic E-state index is 0.0276. The molecular weight excluding hydrogens is 316 g/mol. The van der Waals surface area contributed by atoms with Crippen LogP contribution in [0.1, 0.15) is 48.8 Å². The third kappa shape index (κ3) is 3.63. The topological polar surface area (TPSA) is 81.4 Å². The van der Waals surface area contributed by atoms with Gasteiger partial charge in [0.05, 0.1) is 6.42 Å². The van der Waals surface area contributed by atoms with Crippen molar-refractivity contribution in [2.45, 2.75) is 38.3 Å². The summed E-state index contributed by atoms with van der Waals surface area (Å²) in [7, 11) is 0. The lowest BCUT2D eigenvalue weighted by atomic mass is 10.1. The van der Waals surface area contributed by atoms with Crippen molar-refractivity contribution in [3.05, 3.63) is 16.4 Å². The number of carbonyl (C=O) groups excluding carboxylic acids is 1. The average Bonchev–Trinajstić information content (AvgIpc) is 2.79. The molecule has 1 aromatic heterocycles. The largest absolute Gasteiger partial charge is 0.481 e. The Morgan fingerprint density at radius 3 is 2.89 bits per heavy atom. The number of ether oxygens (including phenoxy) is 1. The van der Waals surface area contributed by atoms with E-state index < -0.39 is 5.97 Å². The smallest absolute Gasteiger partial charge is 0.303 e. The summed E-state index contributed by atoms with van der Waals surface area (Å²) in [5.41, 5.74) is 0.403. The highest BCUT2D eigenvalue weighted by Crippen LogP contribution is 2.25. The first kappa shape index (κ1) is 14.2. The van der Waals surface area contributed by atoms with Crippen LogP contribution in [-0.4, -0.2) is 33.2 Å². The number of carboxylic acid groups (broad SMARTS) is 1. The number of aliphatic carboxylic acids is 1. The highest BCUT2D eigenvalue weighted by molar-refractivity contribution is 9.10. The number of carbonyl (C=O) groups is 2. The molecule has 104 valence electrons. The molecule has 7 heteroatoms. The SMILES string of the molecule is O=C(O)CCC(=O)c1cc(Br)nn1C1CCCCO1. The van der Waals surface area contributed by atoms with Gasteiger partial charge in [-0.2, -0.15) is 5.10 Å². The highest BCUT2D eigenvalue weighted by Gasteiger charge is 2.23. The molecular formula is C12H15BrN2O4. The summed E-state index contributed by atoms with van der Waals surface area (Å²) in [4.78, 5) is 22.5. The van der Waals surface area contributed by atoms with E-state index in [2.05, 4.69) is 21.0 Å². The van der Waals surface area contributed by atoms with Crippen molar-refractivity contribution in [2.24, 2.45) is 0 Å². The summed E-state index contributed by atoms with van der Waals surface area (Å²) in [6.45, 7) is 0.658. The highest BCUT2D eigenvalue weighted by atomic mass is 79.9. The molecule has 1 aliphatic heterocycles. The Kier molecular flexibility index (Phi) is 4.71. The molecule has 1 fully saturated rings. The zero-order valence-corrected chi connectivity index (χ0v) is 11.9. The van der Waals surface area contributed by atoms with Gasteiger partial charge in [0.1, 0.15) is 10.3 Å². The number of rotatable bonds is 5. The van der Waals surface area contributed by atoms with Crippen molar-refractivity contribution in [2.75, 3.05) is 6.61 Å². The van der Waals surface area contributed by atoms with Crippen molar-refractivity contribution in [1.29, 1.82) is 0 Å². The lowest BCUT2D eigenvalue weighted by Gasteiger charge is -2.24. The molecule has 1 atom stereocenters. The fourth-order valence-electron chi connectivity index (χ4n) is 2.06. The monoisotopic (exact) mass is 330 g/mol. The summed E-state index contributed by atoms with van der Waals surface area (Å²) >= 11 is 3.24. The molecule has 0 bridgehead atoms. The molecule has 1 unspecified atom stereocenters. The second-order valence-electron chi connectivity index (χ2n) is 4.44. The summed E-state index contributed by atoms with van der Waals surface area (Å²) in [6.07, 6.45) is 2.43. The fourth-order valence-corrected chi connectivity index (χ4v) is 2.45. The quantitative estimate of drug-likeness (QED) is 0.838. The molecule has 0 amide bonds. The number of ketones is 1. The molecule has 1 saturated heterocycles. The first-order valence-corrected chi connectivity index (χ1v) is 6.99. The number of halogens is 1. The van der Waals surface area contributed by atoms with Gasteiger partial charge in [-0.1, -0.05) is 0 Å². The van der Waals surface area contributed by atoms with Crippen LogP contribution < -0.4 is 0 Å². The Morgan fingerprint density at radius 2 is 2.26 bits per heavy atom. The Labute approximate surface area is 118 Å². The first-order chi connectivity index (χ1) is 9.08. The van der Waals surface area contributed by atoms with Crippen molar-refractivity contribution < 1.29 is 19.4 Å². The van der Waals surface area contributed by atoms with Gasteiger partial charge < -0.3 is 9.84 Å². The van der Waals surface area contributed by atoms with Crippen LogP contribution >= 0.6 is 15.9 Å². The number of hydrogen-bond donors (Lipinski definition) is 1. The molecule has 19 heavy (non-hydrogen) atoms. The van der Waals surface area contributed by atoms with Gasteiger partial charge in [-0.3, -0.25) is 9.59 Å². The van der Waals surface area contributed by atoms with E-state index in [-0.39, 0.29) is 24.9 Å². The second kappa shape index (κ2) is 6.29. The molecule has 0 saturated carbocycles. The maximum absolute atomic E-state index is 12.0. The van der Waals surface area contributed by atoms with Crippen molar-refractivity contribution >= 4 is 27.7 Å². The minimum Gasteiger partial charge on any atom is -0.481 e. The Bertz CT molecular complexity index is 480. The first-order valence-electron chi connectivity index (χ1n) is 6.19. The standard InChI is InChI=1S/C12H15BrN2O4/c13-10-7-8(9(16)4-5-12(17)18)15(14-10)11-3-1-2-6-19-11/h7,11H,1-6H2,(H,17,18). The molecule has 0 aliphatic carbocycles. The van der Waals surface area contributed by atoms with Gasteiger partial charge in [-0.15, -0.1) is 0 Å². The predicted molar refractivity (Wildman–Crippen MR) is 70.0 cm³/mol. The van der Waals surface area contributed by atoms with E-state index in [1.165, 1.54) is 0 Å². The molecule has 0 radical (unpaired) electrons. The number of aromatic nitrogens is 2. The van der Waals surface area contributed by atoms with Crippen molar-refractivity contribution in [1.82, 2.24) is 9.78 Å². The Hall–Kier alpha value is -1.21. The van der Waals surface area contributed by atoms with Crippen molar-refractivity contribution in [3.8, 4) is 0 Å². The molecule has 2 rings (SSSR count). The molecule has 1 aliphatic rings. The van der Waals surface area contributed by atoms with Crippen LogP contribution in [0, 0.1) is 0 Å². The van der Waals surface area contributed by atoms with E-state index in [0.29, 0.717) is 16.9 Å². The molecule has 0 aromatic carbocycles.